The van der Waals surface area contributed by atoms with Crippen molar-refractivity contribution < 1.29 is 4.79 Å². The molecule has 1 fully saturated rings. The molecule has 104 valence electrons. The first-order chi connectivity index (χ1) is 9.27. The first-order valence-electron chi connectivity index (χ1n) is 6.73. The number of nitrogens with zero attached hydrogens (tertiary/aromatic N) is 1. The van der Waals surface area contributed by atoms with E-state index in [1.807, 2.05) is 24.3 Å². The normalized spacial score (nSPS) is 16.3. The smallest absolute Gasteiger partial charge is 0.252 e. The number of rotatable bonds is 5. The second-order valence-electron chi connectivity index (χ2n) is 4.68. The minimum Gasteiger partial charge on any atom is -0.352 e. The molecule has 0 radical (unpaired) electrons. The lowest BCUT2D eigenvalue weighted by Gasteiger charge is -2.27. The van der Waals surface area contributed by atoms with E-state index >= 15 is 0 Å². The first kappa shape index (κ1) is 14.7. The van der Waals surface area contributed by atoms with Crippen LogP contribution in [0.4, 0.5) is 0 Å². The third-order valence-electron chi connectivity index (χ3n) is 3.26. The van der Waals surface area contributed by atoms with Crippen LogP contribution in [0.3, 0.4) is 0 Å². The molecule has 1 amide bonds. The fourth-order valence-electron chi connectivity index (χ4n) is 2.18. The van der Waals surface area contributed by atoms with Gasteiger partial charge in [0.2, 0.25) is 0 Å². The number of nitrogens with one attached hydrogen (secondary N) is 2. The predicted molar refractivity (Wildman–Crippen MR) is 85.4 cm³/mol. The second-order valence-corrected chi connectivity index (χ2v) is 5.84. The number of hydrogen-bond donors (Lipinski definition) is 2. The van der Waals surface area contributed by atoms with Crippen LogP contribution in [-0.2, 0) is 0 Å². The van der Waals surface area contributed by atoms with Gasteiger partial charge in [0.1, 0.15) is 0 Å². The lowest BCUT2D eigenvalue weighted by molar-refractivity contribution is 0.0950. The van der Waals surface area contributed by atoms with Crippen LogP contribution in [0.15, 0.2) is 24.3 Å². The van der Waals surface area contributed by atoms with Crippen LogP contribution in [0.25, 0.3) is 0 Å². The number of hydrogen-bond acceptors (Lipinski definition) is 3. The third-order valence-corrected chi connectivity index (χ3v) is 4.21. The van der Waals surface area contributed by atoms with Crippen molar-refractivity contribution in [1.82, 2.24) is 15.5 Å². The molecule has 1 aromatic rings. The average molecular weight is 373 g/mol. The van der Waals surface area contributed by atoms with E-state index in [4.69, 9.17) is 0 Å². The molecule has 0 aromatic heterocycles. The zero-order chi connectivity index (χ0) is 13.5. The molecular weight excluding hydrogens is 353 g/mol. The summed E-state index contributed by atoms with van der Waals surface area (Å²) in [5, 5.41) is 6.33. The van der Waals surface area contributed by atoms with Crippen molar-refractivity contribution >= 4 is 28.5 Å². The van der Waals surface area contributed by atoms with Crippen LogP contribution in [-0.4, -0.2) is 50.1 Å². The molecule has 0 bridgehead atoms. The molecule has 1 aliphatic rings. The van der Waals surface area contributed by atoms with Gasteiger partial charge in [-0.2, -0.15) is 0 Å². The highest BCUT2D eigenvalue weighted by Gasteiger charge is 2.10. The third kappa shape index (κ3) is 4.74. The van der Waals surface area contributed by atoms with E-state index in [1.165, 1.54) is 0 Å². The van der Waals surface area contributed by atoms with Crippen molar-refractivity contribution in [3.8, 4) is 0 Å². The van der Waals surface area contributed by atoms with Crippen molar-refractivity contribution in [3.63, 3.8) is 0 Å². The molecule has 2 rings (SSSR count). The maximum absolute atomic E-state index is 12.0. The summed E-state index contributed by atoms with van der Waals surface area (Å²) in [6.07, 6.45) is 1.01. The molecule has 0 aliphatic carbocycles. The van der Waals surface area contributed by atoms with Crippen molar-refractivity contribution in [2.45, 2.75) is 6.42 Å². The molecular formula is C14H20IN3O. The van der Waals surface area contributed by atoms with Gasteiger partial charge in [-0.25, -0.2) is 0 Å². The summed E-state index contributed by atoms with van der Waals surface area (Å²) in [4.78, 5) is 14.4. The van der Waals surface area contributed by atoms with Crippen LogP contribution in [0.1, 0.15) is 16.8 Å². The molecule has 1 aliphatic heterocycles. The highest BCUT2D eigenvalue weighted by molar-refractivity contribution is 14.1. The van der Waals surface area contributed by atoms with Gasteiger partial charge in [-0.1, -0.05) is 12.1 Å². The summed E-state index contributed by atoms with van der Waals surface area (Å²) in [6.45, 7) is 6.19. The minimum atomic E-state index is 0.0327. The summed E-state index contributed by atoms with van der Waals surface area (Å²) in [5.74, 6) is 0.0327. The van der Waals surface area contributed by atoms with Gasteiger partial charge in [-0.05, 0) is 47.7 Å². The van der Waals surface area contributed by atoms with Gasteiger partial charge in [0.05, 0.1) is 5.56 Å². The number of amides is 1. The molecule has 1 heterocycles. The van der Waals surface area contributed by atoms with Crippen LogP contribution < -0.4 is 10.6 Å². The molecule has 5 heteroatoms. The molecule has 2 N–H and O–H groups in total. The molecule has 19 heavy (non-hydrogen) atoms. The Kier molecular flexibility index (Phi) is 6.06. The Hall–Kier alpha value is -0.660. The van der Waals surface area contributed by atoms with Gasteiger partial charge < -0.3 is 15.5 Å². The van der Waals surface area contributed by atoms with Gasteiger partial charge in [0.25, 0.3) is 5.91 Å². The van der Waals surface area contributed by atoms with E-state index in [2.05, 4.69) is 38.1 Å². The monoisotopic (exact) mass is 373 g/mol. The van der Waals surface area contributed by atoms with Crippen molar-refractivity contribution in [3.05, 3.63) is 33.4 Å². The first-order valence-corrected chi connectivity index (χ1v) is 7.81. The standard InChI is InChI=1S/C14H20IN3O/c15-13-5-2-1-4-12(13)14(19)17-6-3-9-18-10-7-16-8-11-18/h1-2,4-5,16H,3,6-11H2,(H,17,19). The van der Waals surface area contributed by atoms with Gasteiger partial charge >= 0.3 is 0 Å². The quantitative estimate of drug-likeness (QED) is 0.605. The van der Waals surface area contributed by atoms with Gasteiger partial charge in [-0.3, -0.25) is 4.79 Å². The Bertz CT molecular complexity index is 419. The van der Waals surface area contributed by atoms with Crippen molar-refractivity contribution in [2.75, 3.05) is 39.3 Å². The Morgan fingerprint density at radius 3 is 2.79 bits per heavy atom. The lowest BCUT2D eigenvalue weighted by atomic mass is 10.2. The van der Waals surface area contributed by atoms with Gasteiger partial charge in [0, 0.05) is 36.3 Å². The van der Waals surface area contributed by atoms with E-state index in [-0.39, 0.29) is 5.91 Å². The SMILES string of the molecule is O=C(NCCCN1CCNCC1)c1ccccc1I. The number of benzene rings is 1. The topological polar surface area (TPSA) is 44.4 Å². The van der Waals surface area contributed by atoms with Gasteiger partial charge in [0.15, 0.2) is 0 Å². The molecule has 0 saturated carbocycles. The molecule has 1 saturated heterocycles. The van der Waals surface area contributed by atoms with Crippen molar-refractivity contribution in [1.29, 1.82) is 0 Å². The molecule has 4 nitrogen and oxygen atoms in total. The zero-order valence-electron chi connectivity index (χ0n) is 11.0. The Balaban J connectivity index is 1.68. The molecule has 1 aromatic carbocycles. The van der Waals surface area contributed by atoms with Crippen molar-refractivity contribution in [2.24, 2.45) is 0 Å². The fraction of sp³-hybridized carbons (Fsp3) is 0.500. The van der Waals surface area contributed by atoms with E-state index in [0.717, 1.165) is 54.8 Å². The summed E-state index contributed by atoms with van der Waals surface area (Å²) in [6, 6.07) is 7.67. The number of carbonyl (C=O) groups excluding carboxylic acids is 1. The zero-order valence-corrected chi connectivity index (χ0v) is 13.2. The lowest BCUT2D eigenvalue weighted by Crippen LogP contribution is -2.44. The number of piperazine rings is 1. The maximum Gasteiger partial charge on any atom is 0.252 e. The predicted octanol–water partition coefficient (Wildman–Crippen LogP) is 1.32. The van der Waals surface area contributed by atoms with Crippen LogP contribution in [0, 0.1) is 3.57 Å². The number of halogens is 1. The number of carbonyl (C=O) groups is 1. The molecule has 0 spiro atoms. The van der Waals surface area contributed by atoms with E-state index < -0.39 is 0 Å². The highest BCUT2D eigenvalue weighted by atomic mass is 127. The highest BCUT2D eigenvalue weighted by Crippen LogP contribution is 2.10. The maximum atomic E-state index is 12.0. The fourth-order valence-corrected chi connectivity index (χ4v) is 2.81. The summed E-state index contributed by atoms with van der Waals surface area (Å²) < 4.78 is 1.000. The average Bonchev–Trinajstić information content (AvgIpc) is 2.45. The second kappa shape index (κ2) is 7.81. The summed E-state index contributed by atoms with van der Waals surface area (Å²) >= 11 is 2.20. The largest absolute Gasteiger partial charge is 0.352 e. The summed E-state index contributed by atoms with van der Waals surface area (Å²) in [5.41, 5.74) is 0.769. The van der Waals surface area contributed by atoms with E-state index in [0.29, 0.717) is 0 Å². The minimum absolute atomic E-state index is 0.0327. The summed E-state index contributed by atoms with van der Waals surface area (Å²) in [7, 11) is 0. The van der Waals surface area contributed by atoms with E-state index in [1.54, 1.807) is 0 Å². The Morgan fingerprint density at radius 2 is 2.05 bits per heavy atom. The Morgan fingerprint density at radius 1 is 1.32 bits per heavy atom. The van der Waals surface area contributed by atoms with Crippen LogP contribution >= 0.6 is 22.6 Å². The Labute approximate surface area is 128 Å². The molecule has 0 unspecified atom stereocenters. The van der Waals surface area contributed by atoms with Crippen LogP contribution in [0.5, 0.6) is 0 Å². The van der Waals surface area contributed by atoms with Crippen LogP contribution in [0.2, 0.25) is 0 Å². The molecule has 0 atom stereocenters. The van der Waals surface area contributed by atoms with E-state index in [9.17, 15) is 4.79 Å². The van der Waals surface area contributed by atoms with Gasteiger partial charge in [-0.15, -0.1) is 0 Å².